The van der Waals surface area contributed by atoms with Gasteiger partial charge in [-0.25, -0.2) is 4.98 Å². The molecule has 1 aliphatic heterocycles. The number of halogens is 3. The largest absolute Gasteiger partial charge is 0.574 e. The molecule has 29 heavy (non-hydrogen) atoms. The van der Waals surface area contributed by atoms with E-state index in [1.165, 1.54) is 17.2 Å². The fourth-order valence-electron chi connectivity index (χ4n) is 3.22. The molecule has 148 valence electrons. The molecule has 2 aromatic heterocycles. The van der Waals surface area contributed by atoms with E-state index in [-0.39, 0.29) is 12.5 Å². The summed E-state index contributed by atoms with van der Waals surface area (Å²) in [5.41, 5.74) is 2.88. The summed E-state index contributed by atoms with van der Waals surface area (Å²) in [4.78, 5) is 22.4. The standard InChI is InChI=1S/C20H14F3N3O3/c1-28-16-5-3-2-4-14(16)18-15-11-26(19(27)13(15)8-9-24-18)12-6-7-17(25-10-12)29-20(21,22)23/h2-10H,11H2,1H3. The van der Waals surface area contributed by atoms with Crippen molar-refractivity contribution in [1.82, 2.24) is 9.97 Å². The zero-order chi connectivity index (χ0) is 20.6. The molecule has 0 atom stereocenters. The van der Waals surface area contributed by atoms with Crippen LogP contribution < -0.4 is 14.4 Å². The number of hydrogen-bond donors (Lipinski definition) is 0. The van der Waals surface area contributed by atoms with Gasteiger partial charge in [0.05, 0.1) is 31.2 Å². The van der Waals surface area contributed by atoms with Crippen molar-refractivity contribution in [3.05, 3.63) is 66.0 Å². The van der Waals surface area contributed by atoms with Gasteiger partial charge in [-0.2, -0.15) is 0 Å². The van der Waals surface area contributed by atoms with Crippen molar-refractivity contribution in [3.63, 3.8) is 0 Å². The highest BCUT2D eigenvalue weighted by atomic mass is 19.4. The van der Waals surface area contributed by atoms with Crippen molar-refractivity contribution in [2.75, 3.05) is 12.0 Å². The van der Waals surface area contributed by atoms with Crippen molar-refractivity contribution in [2.45, 2.75) is 12.9 Å². The van der Waals surface area contributed by atoms with Crippen LogP contribution in [0.5, 0.6) is 11.6 Å². The summed E-state index contributed by atoms with van der Waals surface area (Å²) < 4.78 is 46.1. The lowest BCUT2D eigenvalue weighted by atomic mass is 10.0. The summed E-state index contributed by atoms with van der Waals surface area (Å²) >= 11 is 0. The zero-order valence-electron chi connectivity index (χ0n) is 15.1. The molecular weight excluding hydrogens is 387 g/mol. The molecule has 0 fully saturated rings. The Kier molecular flexibility index (Phi) is 4.57. The molecule has 6 nitrogen and oxygen atoms in total. The van der Waals surface area contributed by atoms with E-state index in [0.29, 0.717) is 28.3 Å². The lowest BCUT2D eigenvalue weighted by Gasteiger charge is -2.16. The third-order valence-corrected chi connectivity index (χ3v) is 4.46. The lowest BCUT2D eigenvalue weighted by Crippen LogP contribution is -2.23. The number of fused-ring (bicyclic) bond motifs is 1. The molecule has 3 aromatic rings. The SMILES string of the molecule is COc1ccccc1-c1nccc2c1CN(c1ccc(OC(F)(F)F)nc1)C2=O. The predicted molar refractivity (Wildman–Crippen MR) is 97.7 cm³/mol. The molecular formula is C20H14F3N3O3. The number of ether oxygens (including phenoxy) is 2. The summed E-state index contributed by atoms with van der Waals surface area (Å²) in [7, 11) is 1.55. The average molecular weight is 401 g/mol. The number of methoxy groups -OCH3 is 1. The number of aromatic nitrogens is 2. The van der Waals surface area contributed by atoms with Gasteiger partial charge in [0.25, 0.3) is 5.91 Å². The Hall–Kier alpha value is -3.62. The number of hydrogen-bond acceptors (Lipinski definition) is 5. The van der Waals surface area contributed by atoms with Gasteiger partial charge in [0.1, 0.15) is 5.75 Å². The molecule has 3 heterocycles. The second-order valence-corrected chi connectivity index (χ2v) is 6.18. The van der Waals surface area contributed by atoms with E-state index >= 15 is 0 Å². The quantitative estimate of drug-likeness (QED) is 0.655. The van der Waals surface area contributed by atoms with Gasteiger partial charge in [-0.15, -0.1) is 13.2 Å². The Morgan fingerprint density at radius 1 is 1.03 bits per heavy atom. The van der Waals surface area contributed by atoms with Crippen LogP contribution in [0.2, 0.25) is 0 Å². The molecule has 1 aliphatic rings. The van der Waals surface area contributed by atoms with Gasteiger partial charge in [-0.1, -0.05) is 12.1 Å². The number of pyridine rings is 2. The Labute approximate surface area is 163 Å². The number of anilines is 1. The molecule has 1 aromatic carbocycles. The molecule has 0 saturated carbocycles. The van der Waals surface area contributed by atoms with E-state index in [2.05, 4.69) is 14.7 Å². The van der Waals surface area contributed by atoms with E-state index in [0.717, 1.165) is 11.6 Å². The minimum atomic E-state index is -4.83. The molecule has 4 rings (SSSR count). The van der Waals surface area contributed by atoms with Crippen LogP contribution in [0.4, 0.5) is 18.9 Å². The number of para-hydroxylation sites is 1. The first-order valence-corrected chi connectivity index (χ1v) is 8.52. The molecule has 0 aliphatic carbocycles. The second-order valence-electron chi connectivity index (χ2n) is 6.18. The zero-order valence-corrected chi connectivity index (χ0v) is 15.1. The van der Waals surface area contributed by atoms with E-state index in [1.807, 2.05) is 18.2 Å². The predicted octanol–water partition coefficient (Wildman–Crippen LogP) is 4.21. The van der Waals surface area contributed by atoms with Crippen molar-refractivity contribution >= 4 is 11.6 Å². The van der Waals surface area contributed by atoms with Crippen LogP contribution in [-0.4, -0.2) is 29.3 Å². The van der Waals surface area contributed by atoms with E-state index < -0.39 is 12.2 Å². The smallest absolute Gasteiger partial charge is 0.496 e. The molecule has 0 spiro atoms. The van der Waals surface area contributed by atoms with Crippen LogP contribution in [0, 0.1) is 0 Å². The number of nitrogens with zero attached hydrogens (tertiary/aromatic N) is 3. The van der Waals surface area contributed by atoms with Gasteiger partial charge in [0, 0.05) is 29.0 Å². The molecule has 0 saturated heterocycles. The maximum atomic E-state index is 12.9. The minimum absolute atomic E-state index is 0.205. The van der Waals surface area contributed by atoms with Crippen molar-refractivity contribution < 1.29 is 27.4 Å². The first-order valence-electron chi connectivity index (χ1n) is 8.52. The summed E-state index contributed by atoms with van der Waals surface area (Å²) in [6.07, 6.45) is -2.12. The number of alkyl halides is 3. The normalized spacial score (nSPS) is 13.4. The second kappa shape index (κ2) is 7.08. The number of rotatable bonds is 4. The fourth-order valence-corrected chi connectivity index (χ4v) is 3.22. The highest BCUT2D eigenvalue weighted by Gasteiger charge is 2.34. The number of benzene rings is 1. The maximum Gasteiger partial charge on any atom is 0.574 e. The van der Waals surface area contributed by atoms with Gasteiger partial charge >= 0.3 is 6.36 Å². The summed E-state index contributed by atoms with van der Waals surface area (Å²) in [5.74, 6) is -0.263. The van der Waals surface area contributed by atoms with Gasteiger partial charge in [0.15, 0.2) is 0 Å². The molecule has 9 heteroatoms. The van der Waals surface area contributed by atoms with Crippen LogP contribution in [0.25, 0.3) is 11.3 Å². The van der Waals surface area contributed by atoms with E-state index in [4.69, 9.17) is 4.74 Å². The molecule has 0 radical (unpaired) electrons. The first kappa shape index (κ1) is 18.7. The molecule has 0 N–H and O–H groups in total. The van der Waals surface area contributed by atoms with Crippen molar-refractivity contribution in [2.24, 2.45) is 0 Å². The summed E-state index contributed by atoms with van der Waals surface area (Å²) in [6.45, 7) is 0.205. The average Bonchev–Trinajstić information content (AvgIpc) is 3.04. The Morgan fingerprint density at radius 3 is 2.52 bits per heavy atom. The van der Waals surface area contributed by atoms with Crippen LogP contribution in [0.3, 0.4) is 0 Å². The first-order chi connectivity index (χ1) is 13.9. The monoisotopic (exact) mass is 401 g/mol. The fraction of sp³-hybridized carbons (Fsp3) is 0.150. The topological polar surface area (TPSA) is 64.6 Å². The number of amides is 1. The summed E-state index contributed by atoms with van der Waals surface area (Å²) in [6, 6.07) is 11.4. The van der Waals surface area contributed by atoms with Gasteiger partial charge in [-0.05, 0) is 24.3 Å². The van der Waals surface area contributed by atoms with Crippen LogP contribution in [-0.2, 0) is 6.54 Å². The van der Waals surface area contributed by atoms with Gasteiger partial charge in [0.2, 0.25) is 5.88 Å². The maximum absolute atomic E-state index is 12.9. The minimum Gasteiger partial charge on any atom is -0.496 e. The Morgan fingerprint density at radius 2 is 1.83 bits per heavy atom. The lowest BCUT2D eigenvalue weighted by molar-refractivity contribution is -0.276. The van der Waals surface area contributed by atoms with Crippen molar-refractivity contribution in [1.29, 1.82) is 0 Å². The van der Waals surface area contributed by atoms with Crippen LogP contribution in [0.15, 0.2) is 54.9 Å². The van der Waals surface area contributed by atoms with Crippen LogP contribution >= 0.6 is 0 Å². The Bertz CT molecular complexity index is 1070. The summed E-state index contributed by atoms with van der Waals surface area (Å²) in [5, 5.41) is 0. The number of carbonyl (C=O) groups excluding carboxylic acids is 1. The van der Waals surface area contributed by atoms with E-state index in [9.17, 15) is 18.0 Å². The van der Waals surface area contributed by atoms with E-state index in [1.54, 1.807) is 25.4 Å². The third kappa shape index (κ3) is 3.58. The van der Waals surface area contributed by atoms with Crippen molar-refractivity contribution in [3.8, 4) is 22.9 Å². The molecule has 0 bridgehead atoms. The Balaban J connectivity index is 1.67. The van der Waals surface area contributed by atoms with Gasteiger partial charge < -0.3 is 14.4 Å². The highest BCUT2D eigenvalue weighted by molar-refractivity contribution is 6.11. The van der Waals surface area contributed by atoms with Crippen LogP contribution in [0.1, 0.15) is 15.9 Å². The molecule has 1 amide bonds. The van der Waals surface area contributed by atoms with Gasteiger partial charge in [-0.3, -0.25) is 9.78 Å². The molecule has 0 unspecified atom stereocenters. The number of carbonyl (C=O) groups is 1. The highest BCUT2D eigenvalue weighted by Crippen LogP contribution is 2.37. The third-order valence-electron chi connectivity index (χ3n) is 4.46.